The van der Waals surface area contributed by atoms with E-state index in [9.17, 15) is 14.0 Å². The number of nitrogens with one attached hydrogen (secondary N) is 1. The number of aromatic nitrogens is 2. The lowest BCUT2D eigenvalue weighted by molar-refractivity contribution is -0.130. The van der Waals surface area contributed by atoms with Crippen LogP contribution in [-0.2, 0) is 10.3 Å². The van der Waals surface area contributed by atoms with E-state index in [4.69, 9.17) is 16.9 Å². The number of hydrogen-bond acceptors (Lipinski definition) is 8. The monoisotopic (exact) mass is 526 g/mol. The summed E-state index contributed by atoms with van der Waals surface area (Å²) in [7, 11) is 0. The molecule has 3 aliphatic rings. The molecule has 3 N–H and O–H groups in total. The number of rotatable bonds is 6. The quantitative estimate of drug-likeness (QED) is 0.555. The predicted molar refractivity (Wildman–Crippen MR) is 134 cm³/mol. The second-order valence-corrected chi connectivity index (χ2v) is 10.7. The molecule has 3 atom stereocenters. The van der Waals surface area contributed by atoms with Crippen molar-refractivity contribution in [2.75, 3.05) is 25.0 Å². The van der Waals surface area contributed by atoms with Crippen LogP contribution in [0.1, 0.15) is 42.2 Å². The molecule has 1 aromatic heterocycles. The number of anilines is 1. The van der Waals surface area contributed by atoms with E-state index < -0.39 is 27.8 Å². The number of thioether (sulfide) groups is 1. The number of fused-ring (bicyclic) bond motifs is 1. The van der Waals surface area contributed by atoms with Crippen LogP contribution in [-0.4, -0.2) is 56.3 Å². The van der Waals surface area contributed by atoms with Gasteiger partial charge in [-0.2, -0.15) is 0 Å². The normalized spacial score (nSPS) is 26.1. The molecule has 0 radical (unpaired) electrons. The number of amidine groups is 1. The lowest BCUT2D eigenvalue weighted by atomic mass is 9.85. The average molecular weight is 527 g/mol. The predicted octanol–water partition coefficient (Wildman–Crippen LogP) is 2.68. The summed E-state index contributed by atoms with van der Waals surface area (Å²) >= 11 is 1.20. The van der Waals surface area contributed by atoms with E-state index in [1.807, 2.05) is 4.90 Å². The minimum absolute atomic E-state index is 0.00120. The van der Waals surface area contributed by atoms with Crippen LogP contribution in [0.3, 0.4) is 0 Å². The second kappa shape index (κ2) is 9.30. The first kappa shape index (κ1) is 25.0. The Bertz CT molecular complexity index is 1340. The Morgan fingerprint density at radius 3 is 2.73 bits per heavy atom. The van der Waals surface area contributed by atoms with Gasteiger partial charge in [0.2, 0.25) is 11.8 Å². The minimum atomic E-state index is -1.30. The number of carbonyl (C=O) groups is 2. The van der Waals surface area contributed by atoms with Crippen molar-refractivity contribution in [3.05, 3.63) is 47.4 Å². The summed E-state index contributed by atoms with van der Waals surface area (Å²) in [6.45, 7) is 2.99. The molecular formula is C25H24F2N6O3S. The smallest absolute Gasteiger partial charge is 0.275 e. The van der Waals surface area contributed by atoms with Gasteiger partial charge >= 0.3 is 0 Å². The maximum atomic E-state index is 15.2. The van der Waals surface area contributed by atoms with Crippen molar-refractivity contribution in [1.29, 1.82) is 0 Å². The molecule has 5 rings (SSSR count). The standard InChI is InChI=1S/C25H24F2N6O3S/c1-3-8-36-19-13-29-17(12-30-19)21(34)31-14-9-15(20(27)16(26)10-14)24(2)18-11-25(18,37-23(28)32-24)22(35)33-6-4-5-7-33/h1,9-10,12-13,18H,4-8,11H2,2H3,(H2,28,32)(H,31,34)/t18-,24-,25-/m0/s1. The number of hydrogen-bond donors (Lipinski definition) is 2. The zero-order valence-electron chi connectivity index (χ0n) is 20.0. The van der Waals surface area contributed by atoms with Gasteiger partial charge in [0, 0.05) is 36.3 Å². The van der Waals surface area contributed by atoms with Crippen molar-refractivity contribution in [3.63, 3.8) is 0 Å². The maximum absolute atomic E-state index is 15.2. The zero-order valence-corrected chi connectivity index (χ0v) is 20.8. The molecule has 9 nitrogen and oxygen atoms in total. The molecule has 1 aromatic carbocycles. The lowest BCUT2D eigenvalue weighted by Crippen LogP contribution is -2.45. The molecule has 1 saturated carbocycles. The van der Waals surface area contributed by atoms with Crippen LogP contribution in [0.25, 0.3) is 0 Å². The first-order valence-corrected chi connectivity index (χ1v) is 12.5. The second-order valence-electron chi connectivity index (χ2n) is 9.35. The first-order chi connectivity index (χ1) is 17.7. The number of halogens is 2. The molecule has 0 bridgehead atoms. The Kier molecular flexibility index (Phi) is 6.27. The molecule has 2 amide bonds. The van der Waals surface area contributed by atoms with Gasteiger partial charge in [0.15, 0.2) is 23.4 Å². The summed E-state index contributed by atoms with van der Waals surface area (Å²) in [5.41, 5.74) is 4.67. The number of aliphatic imine (C=N–C) groups is 1. The fourth-order valence-electron chi connectivity index (χ4n) is 5.09. The molecule has 1 aliphatic carbocycles. The van der Waals surface area contributed by atoms with E-state index in [0.29, 0.717) is 19.5 Å². The van der Waals surface area contributed by atoms with Crippen LogP contribution in [0, 0.1) is 29.9 Å². The van der Waals surface area contributed by atoms with E-state index >= 15 is 4.39 Å². The number of likely N-dealkylation sites (tertiary alicyclic amines) is 1. The fourth-order valence-corrected chi connectivity index (χ4v) is 6.54. The molecule has 2 aliphatic heterocycles. The number of ether oxygens (including phenoxy) is 1. The molecule has 12 heteroatoms. The van der Waals surface area contributed by atoms with Gasteiger partial charge < -0.3 is 20.7 Å². The zero-order chi connectivity index (χ0) is 26.4. The highest BCUT2D eigenvalue weighted by molar-refractivity contribution is 8.15. The topological polar surface area (TPSA) is 123 Å². The minimum Gasteiger partial charge on any atom is -0.463 e. The largest absolute Gasteiger partial charge is 0.463 e. The maximum Gasteiger partial charge on any atom is 0.275 e. The van der Waals surface area contributed by atoms with Crippen molar-refractivity contribution in [2.24, 2.45) is 16.6 Å². The Morgan fingerprint density at radius 2 is 2.05 bits per heavy atom. The third-order valence-corrected chi connectivity index (χ3v) is 8.26. The highest BCUT2D eigenvalue weighted by Gasteiger charge is 2.71. The fraction of sp³-hybridized carbons (Fsp3) is 0.400. The summed E-state index contributed by atoms with van der Waals surface area (Å²) in [6, 6.07) is 2.20. The van der Waals surface area contributed by atoms with Gasteiger partial charge in [-0.1, -0.05) is 17.7 Å². The summed E-state index contributed by atoms with van der Waals surface area (Å²) in [4.78, 5) is 40.3. The van der Waals surface area contributed by atoms with Gasteiger partial charge in [-0.3, -0.25) is 14.6 Å². The van der Waals surface area contributed by atoms with E-state index in [2.05, 4.69) is 26.2 Å². The molecule has 37 heavy (non-hydrogen) atoms. The average Bonchev–Trinajstić information content (AvgIpc) is 3.38. The van der Waals surface area contributed by atoms with E-state index in [-0.39, 0.29) is 46.4 Å². The third-order valence-electron chi connectivity index (χ3n) is 6.97. The number of nitrogens with zero attached hydrogens (tertiary/aromatic N) is 4. The highest BCUT2D eigenvalue weighted by atomic mass is 32.2. The molecule has 2 aromatic rings. The Labute approximate surface area is 216 Å². The third kappa shape index (κ3) is 4.37. The molecule has 0 spiro atoms. The Morgan fingerprint density at radius 1 is 1.30 bits per heavy atom. The van der Waals surface area contributed by atoms with Gasteiger partial charge in [0.05, 0.1) is 17.9 Å². The Balaban J connectivity index is 1.42. The van der Waals surface area contributed by atoms with Crippen molar-refractivity contribution < 1.29 is 23.1 Å². The van der Waals surface area contributed by atoms with Crippen LogP contribution < -0.4 is 15.8 Å². The summed E-state index contributed by atoms with van der Waals surface area (Å²) in [5.74, 6) is -0.953. The molecule has 0 unspecified atom stereocenters. The molecular weight excluding hydrogens is 502 g/mol. The number of nitrogens with two attached hydrogens (primary N) is 1. The van der Waals surface area contributed by atoms with Gasteiger partial charge in [-0.15, -0.1) is 6.42 Å². The van der Waals surface area contributed by atoms with Crippen LogP contribution >= 0.6 is 11.8 Å². The highest BCUT2D eigenvalue weighted by Crippen LogP contribution is 2.66. The van der Waals surface area contributed by atoms with E-state index in [1.54, 1.807) is 6.92 Å². The number of carbonyl (C=O) groups excluding carboxylic acids is 2. The van der Waals surface area contributed by atoms with Gasteiger partial charge in [0.25, 0.3) is 5.91 Å². The van der Waals surface area contributed by atoms with E-state index in [0.717, 1.165) is 18.9 Å². The molecule has 3 heterocycles. The van der Waals surface area contributed by atoms with Crippen LogP contribution in [0.2, 0.25) is 0 Å². The molecule has 1 saturated heterocycles. The molecule has 192 valence electrons. The van der Waals surface area contributed by atoms with Gasteiger partial charge in [-0.05, 0) is 32.3 Å². The number of amides is 2. The SMILES string of the molecule is C#CCOc1cnc(C(=O)Nc2cc(F)c(F)c([C@]3(C)N=C(N)S[C@@]4(C(=O)N5CCCC5)C[C@@H]34)c2)cn1. The van der Waals surface area contributed by atoms with Gasteiger partial charge in [-0.25, -0.2) is 18.7 Å². The lowest BCUT2D eigenvalue weighted by Gasteiger charge is -2.35. The van der Waals surface area contributed by atoms with Crippen molar-refractivity contribution >= 4 is 34.4 Å². The van der Waals surface area contributed by atoms with Gasteiger partial charge in [0.1, 0.15) is 10.4 Å². The van der Waals surface area contributed by atoms with E-state index in [1.165, 1.54) is 30.2 Å². The summed E-state index contributed by atoms with van der Waals surface area (Å²) in [5, 5.41) is 2.66. The van der Waals surface area contributed by atoms with Crippen LogP contribution in [0.15, 0.2) is 29.5 Å². The van der Waals surface area contributed by atoms with Crippen LogP contribution in [0.5, 0.6) is 5.88 Å². The first-order valence-electron chi connectivity index (χ1n) is 11.7. The van der Waals surface area contributed by atoms with Crippen molar-refractivity contribution in [1.82, 2.24) is 14.9 Å². The van der Waals surface area contributed by atoms with Crippen molar-refractivity contribution in [2.45, 2.75) is 36.5 Å². The summed E-state index contributed by atoms with van der Waals surface area (Å²) in [6.07, 6.45) is 9.84. The molecule has 2 fully saturated rings. The Hall–Kier alpha value is -3.72. The number of benzene rings is 1. The summed E-state index contributed by atoms with van der Waals surface area (Å²) < 4.78 is 34.3. The number of terminal acetylenes is 1. The van der Waals surface area contributed by atoms with Crippen LogP contribution in [0.4, 0.5) is 14.5 Å². The van der Waals surface area contributed by atoms with Crippen molar-refractivity contribution in [3.8, 4) is 18.2 Å².